The first kappa shape index (κ1) is 25.3. The first-order chi connectivity index (χ1) is 14.3. The van der Waals surface area contributed by atoms with Crippen LogP contribution in [-0.4, -0.2) is 49.5 Å². The van der Waals surface area contributed by atoms with Crippen molar-refractivity contribution in [3.05, 3.63) is 35.4 Å². The van der Waals surface area contributed by atoms with Crippen molar-refractivity contribution >= 4 is 11.9 Å². The molecule has 1 aliphatic rings. The van der Waals surface area contributed by atoms with E-state index in [2.05, 4.69) is 39.8 Å². The largest absolute Gasteiger partial charge is 0.469 e. The standard InChI is InChI=1S/C24H37NO6/c1-22(2,3)30-15-16(20(26)28-8)14-19(21(27)29-9)31-25-23(4,5)17-12-10-11-13-18(17)24(25,6)7/h10-13,16,19H,14-15H2,1-9H3. The van der Waals surface area contributed by atoms with Crippen LogP contribution in [0.15, 0.2) is 24.3 Å². The highest BCUT2D eigenvalue weighted by Crippen LogP contribution is 2.49. The summed E-state index contributed by atoms with van der Waals surface area (Å²) in [6.45, 7) is 14.0. The van der Waals surface area contributed by atoms with E-state index in [1.807, 2.05) is 38.0 Å². The molecule has 1 aliphatic heterocycles. The Hall–Kier alpha value is -1.96. The molecule has 2 rings (SSSR count). The van der Waals surface area contributed by atoms with Crippen LogP contribution >= 0.6 is 0 Å². The lowest BCUT2D eigenvalue weighted by atomic mass is 9.91. The number of hydrogen-bond acceptors (Lipinski definition) is 7. The highest BCUT2D eigenvalue weighted by molar-refractivity contribution is 5.77. The molecule has 0 bridgehead atoms. The molecule has 7 nitrogen and oxygen atoms in total. The van der Waals surface area contributed by atoms with Crippen molar-refractivity contribution in [3.63, 3.8) is 0 Å². The quantitative estimate of drug-likeness (QED) is 0.573. The molecule has 0 amide bonds. The summed E-state index contributed by atoms with van der Waals surface area (Å²) in [5.41, 5.74) is 0.840. The average Bonchev–Trinajstić information content (AvgIpc) is 2.85. The van der Waals surface area contributed by atoms with Crippen molar-refractivity contribution in [1.82, 2.24) is 5.06 Å². The molecule has 7 heteroatoms. The number of ether oxygens (including phenoxy) is 3. The summed E-state index contributed by atoms with van der Waals surface area (Å²) < 4.78 is 15.8. The van der Waals surface area contributed by atoms with E-state index < -0.39 is 40.6 Å². The van der Waals surface area contributed by atoms with Crippen LogP contribution in [0.3, 0.4) is 0 Å². The maximum atomic E-state index is 12.7. The van der Waals surface area contributed by atoms with Gasteiger partial charge in [-0.3, -0.25) is 9.63 Å². The van der Waals surface area contributed by atoms with Crippen molar-refractivity contribution in [1.29, 1.82) is 0 Å². The highest BCUT2D eigenvalue weighted by Gasteiger charge is 2.51. The Morgan fingerprint density at radius 1 is 0.935 bits per heavy atom. The SMILES string of the molecule is COC(=O)C(COC(C)(C)C)CC(ON1C(C)(C)c2ccccc2C1(C)C)C(=O)OC. The third kappa shape index (κ3) is 5.45. The molecule has 0 saturated carbocycles. The van der Waals surface area contributed by atoms with Crippen LogP contribution in [0, 0.1) is 5.92 Å². The van der Waals surface area contributed by atoms with Crippen LogP contribution in [0.4, 0.5) is 0 Å². The van der Waals surface area contributed by atoms with Gasteiger partial charge < -0.3 is 14.2 Å². The van der Waals surface area contributed by atoms with Gasteiger partial charge >= 0.3 is 11.9 Å². The number of benzene rings is 1. The first-order valence-electron chi connectivity index (χ1n) is 10.6. The molecule has 1 aromatic carbocycles. The zero-order valence-electron chi connectivity index (χ0n) is 20.3. The predicted octanol–water partition coefficient (Wildman–Crippen LogP) is 3.94. The van der Waals surface area contributed by atoms with Gasteiger partial charge in [0, 0.05) is 6.42 Å². The van der Waals surface area contributed by atoms with Crippen molar-refractivity contribution in [3.8, 4) is 0 Å². The highest BCUT2D eigenvalue weighted by atomic mass is 16.7. The maximum Gasteiger partial charge on any atom is 0.337 e. The summed E-state index contributed by atoms with van der Waals surface area (Å²) in [4.78, 5) is 31.4. The number of carbonyl (C=O) groups is 2. The van der Waals surface area contributed by atoms with Gasteiger partial charge in [0.1, 0.15) is 0 Å². The van der Waals surface area contributed by atoms with Crippen molar-refractivity contribution in [2.24, 2.45) is 5.92 Å². The van der Waals surface area contributed by atoms with Crippen LogP contribution in [0.5, 0.6) is 0 Å². The number of methoxy groups -OCH3 is 2. The van der Waals surface area contributed by atoms with E-state index in [1.54, 1.807) is 0 Å². The third-order valence-electron chi connectivity index (χ3n) is 5.71. The first-order valence-corrected chi connectivity index (χ1v) is 10.6. The Morgan fingerprint density at radius 2 is 1.42 bits per heavy atom. The summed E-state index contributed by atoms with van der Waals surface area (Å²) in [7, 11) is 2.64. The van der Waals surface area contributed by atoms with E-state index >= 15 is 0 Å². The number of hydrogen-bond donors (Lipinski definition) is 0. The molecule has 0 aliphatic carbocycles. The van der Waals surface area contributed by atoms with Gasteiger partial charge in [0.25, 0.3) is 0 Å². The molecule has 0 spiro atoms. The average molecular weight is 436 g/mol. The fraction of sp³-hybridized carbons (Fsp3) is 0.667. The summed E-state index contributed by atoms with van der Waals surface area (Å²) in [5, 5.41) is 1.84. The Kier molecular flexibility index (Phi) is 7.56. The summed E-state index contributed by atoms with van der Waals surface area (Å²) in [6.07, 6.45) is -0.917. The minimum Gasteiger partial charge on any atom is -0.469 e. The second kappa shape index (κ2) is 9.27. The van der Waals surface area contributed by atoms with Crippen LogP contribution < -0.4 is 0 Å². The van der Waals surface area contributed by atoms with Gasteiger partial charge in [0.05, 0.1) is 43.4 Å². The normalized spacial score (nSPS) is 19.4. The second-order valence-electron chi connectivity index (χ2n) is 9.95. The molecule has 2 atom stereocenters. The van der Waals surface area contributed by atoms with Crippen LogP contribution in [0.2, 0.25) is 0 Å². The zero-order valence-corrected chi connectivity index (χ0v) is 20.3. The lowest BCUT2D eigenvalue weighted by Gasteiger charge is -2.41. The second-order valence-corrected chi connectivity index (χ2v) is 9.95. The molecule has 0 fully saturated rings. The van der Waals surface area contributed by atoms with E-state index in [-0.39, 0.29) is 13.0 Å². The van der Waals surface area contributed by atoms with Gasteiger partial charge in [-0.05, 0) is 59.6 Å². The van der Waals surface area contributed by atoms with Crippen molar-refractivity contribution in [2.75, 3.05) is 20.8 Å². The summed E-state index contributed by atoms with van der Waals surface area (Å²) >= 11 is 0. The summed E-state index contributed by atoms with van der Waals surface area (Å²) in [6, 6.07) is 8.13. The van der Waals surface area contributed by atoms with Crippen LogP contribution in [-0.2, 0) is 39.7 Å². The number of hydroxylamine groups is 2. The Morgan fingerprint density at radius 3 is 1.84 bits per heavy atom. The van der Waals surface area contributed by atoms with Gasteiger partial charge in [-0.1, -0.05) is 24.3 Å². The zero-order chi connectivity index (χ0) is 23.6. The molecule has 1 aromatic rings. The molecule has 0 radical (unpaired) electrons. The van der Waals surface area contributed by atoms with Gasteiger partial charge in [0.2, 0.25) is 0 Å². The van der Waals surface area contributed by atoms with Crippen LogP contribution in [0.1, 0.15) is 66.0 Å². The molecule has 0 N–H and O–H groups in total. The molecule has 2 unspecified atom stereocenters. The van der Waals surface area contributed by atoms with E-state index in [4.69, 9.17) is 19.0 Å². The van der Waals surface area contributed by atoms with Gasteiger partial charge in [-0.2, -0.15) is 5.06 Å². The smallest absolute Gasteiger partial charge is 0.337 e. The minimum atomic E-state index is -0.995. The van der Waals surface area contributed by atoms with Crippen molar-refractivity contribution in [2.45, 2.75) is 77.7 Å². The summed E-state index contributed by atoms with van der Waals surface area (Å²) in [5.74, 6) is -1.68. The Balaban J connectivity index is 2.32. The maximum absolute atomic E-state index is 12.7. The fourth-order valence-electron chi connectivity index (χ4n) is 4.18. The van der Waals surface area contributed by atoms with Gasteiger partial charge in [0.15, 0.2) is 6.10 Å². The van der Waals surface area contributed by atoms with E-state index in [0.29, 0.717) is 0 Å². The molecule has 31 heavy (non-hydrogen) atoms. The van der Waals surface area contributed by atoms with E-state index in [9.17, 15) is 9.59 Å². The molecular formula is C24H37NO6. The predicted molar refractivity (Wildman–Crippen MR) is 117 cm³/mol. The minimum absolute atomic E-state index is 0.0778. The van der Waals surface area contributed by atoms with Gasteiger partial charge in [-0.25, -0.2) is 4.79 Å². The van der Waals surface area contributed by atoms with Gasteiger partial charge in [-0.15, -0.1) is 0 Å². The number of fused-ring (bicyclic) bond motifs is 1. The fourth-order valence-corrected chi connectivity index (χ4v) is 4.18. The van der Waals surface area contributed by atoms with E-state index in [1.165, 1.54) is 14.2 Å². The third-order valence-corrected chi connectivity index (χ3v) is 5.71. The number of rotatable bonds is 8. The lowest BCUT2D eigenvalue weighted by molar-refractivity contribution is -0.288. The monoisotopic (exact) mass is 435 g/mol. The number of esters is 2. The number of nitrogens with zero attached hydrogens (tertiary/aromatic N) is 1. The molecule has 174 valence electrons. The molecule has 1 heterocycles. The molecule has 0 saturated heterocycles. The molecular weight excluding hydrogens is 398 g/mol. The Labute approximate surface area is 185 Å². The van der Waals surface area contributed by atoms with Crippen molar-refractivity contribution < 1.29 is 28.6 Å². The Bertz CT molecular complexity index is 761. The molecule has 0 aromatic heterocycles. The number of carbonyl (C=O) groups excluding carboxylic acids is 2. The van der Waals surface area contributed by atoms with E-state index in [0.717, 1.165) is 11.1 Å². The lowest BCUT2D eigenvalue weighted by Crippen LogP contribution is -2.49. The van der Waals surface area contributed by atoms with Crippen LogP contribution in [0.25, 0.3) is 0 Å². The topological polar surface area (TPSA) is 74.3 Å².